The molecule has 0 amide bonds. The molecule has 0 saturated carbocycles. The molecule has 0 aromatic rings. The van der Waals surface area contributed by atoms with Crippen molar-refractivity contribution in [2.75, 3.05) is 42.7 Å². The van der Waals surface area contributed by atoms with Crippen molar-refractivity contribution in [3.8, 4) is 0 Å². The average molecular weight is 425 g/mol. The summed E-state index contributed by atoms with van der Waals surface area (Å²) in [4.78, 5) is 0. The van der Waals surface area contributed by atoms with Gasteiger partial charge in [0.25, 0.3) is 0 Å². The monoisotopic (exact) mass is 424 g/mol. The quantitative estimate of drug-likeness (QED) is 0.263. The standard InChI is InChI=1S/C19H44O6Si2/c1-19(2,3)18(14-10-12-16-26(20-4,21-5)22-6)15-11-13-17-27(23-7,24-8)25-9/h18H,10-17H2,1-9H3. The molecule has 0 aromatic heterocycles. The van der Waals surface area contributed by atoms with Crippen LogP contribution in [0, 0.1) is 11.3 Å². The Morgan fingerprint density at radius 1 is 0.556 bits per heavy atom. The highest BCUT2D eigenvalue weighted by atomic mass is 28.4. The molecular formula is C19H44O6Si2. The molecule has 164 valence electrons. The average Bonchev–Trinajstić information content (AvgIpc) is 2.66. The number of unbranched alkanes of at least 4 members (excludes halogenated alkanes) is 2. The fraction of sp³-hybridized carbons (Fsp3) is 1.00. The van der Waals surface area contributed by atoms with Crippen LogP contribution in [0.1, 0.15) is 59.3 Å². The first-order valence-electron chi connectivity index (χ1n) is 9.99. The Morgan fingerprint density at radius 3 is 1.07 bits per heavy atom. The lowest BCUT2D eigenvalue weighted by Gasteiger charge is -2.32. The molecule has 0 radical (unpaired) electrons. The first kappa shape index (κ1) is 27.2. The van der Waals surface area contributed by atoms with E-state index < -0.39 is 17.6 Å². The minimum Gasteiger partial charge on any atom is -0.377 e. The van der Waals surface area contributed by atoms with E-state index in [1.165, 1.54) is 25.7 Å². The van der Waals surface area contributed by atoms with E-state index in [1.54, 1.807) is 42.7 Å². The molecule has 0 atom stereocenters. The second-order valence-electron chi connectivity index (χ2n) is 8.15. The van der Waals surface area contributed by atoms with Gasteiger partial charge in [0, 0.05) is 54.7 Å². The van der Waals surface area contributed by atoms with Gasteiger partial charge in [-0.2, -0.15) is 0 Å². The lowest BCUT2D eigenvalue weighted by Crippen LogP contribution is -2.42. The van der Waals surface area contributed by atoms with E-state index in [0.717, 1.165) is 24.9 Å². The molecule has 0 fully saturated rings. The summed E-state index contributed by atoms with van der Waals surface area (Å²) in [7, 11) is 5.21. The predicted octanol–water partition coefficient (Wildman–Crippen LogP) is 4.75. The van der Waals surface area contributed by atoms with Crippen LogP contribution in [-0.2, 0) is 26.6 Å². The van der Waals surface area contributed by atoms with Crippen LogP contribution in [0.15, 0.2) is 0 Å². The number of hydrogen-bond donors (Lipinski definition) is 0. The molecule has 0 bridgehead atoms. The number of rotatable bonds is 16. The van der Waals surface area contributed by atoms with Crippen LogP contribution < -0.4 is 0 Å². The van der Waals surface area contributed by atoms with Gasteiger partial charge in [-0.25, -0.2) is 0 Å². The van der Waals surface area contributed by atoms with Gasteiger partial charge >= 0.3 is 17.6 Å². The largest absolute Gasteiger partial charge is 0.500 e. The van der Waals surface area contributed by atoms with Crippen LogP contribution in [0.25, 0.3) is 0 Å². The highest BCUT2D eigenvalue weighted by molar-refractivity contribution is 6.60. The minimum atomic E-state index is -2.44. The van der Waals surface area contributed by atoms with Crippen molar-refractivity contribution in [2.45, 2.75) is 71.4 Å². The van der Waals surface area contributed by atoms with E-state index in [1.807, 2.05) is 0 Å². The zero-order valence-electron chi connectivity index (χ0n) is 19.2. The van der Waals surface area contributed by atoms with E-state index in [2.05, 4.69) is 20.8 Å². The highest BCUT2D eigenvalue weighted by Gasteiger charge is 2.38. The van der Waals surface area contributed by atoms with Crippen molar-refractivity contribution < 1.29 is 26.6 Å². The molecule has 0 aliphatic rings. The Bertz CT molecular complexity index is 323. The summed E-state index contributed by atoms with van der Waals surface area (Å²) in [6, 6.07) is 1.74. The third-order valence-electron chi connectivity index (χ3n) is 5.66. The van der Waals surface area contributed by atoms with Crippen LogP contribution in [0.4, 0.5) is 0 Å². The molecule has 8 heteroatoms. The van der Waals surface area contributed by atoms with E-state index in [9.17, 15) is 0 Å². The highest BCUT2D eigenvalue weighted by Crippen LogP contribution is 2.35. The Kier molecular flexibility index (Phi) is 13.5. The van der Waals surface area contributed by atoms with Crippen molar-refractivity contribution in [2.24, 2.45) is 11.3 Å². The van der Waals surface area contributed by atoms with E-state index in [0.29, 0.717) is 11.3 Å². The Morgan fingerprint density at radius 2 is 0.852 bits per heavy atom. The summed E-state index contributed by atoms with van der Waals surface area (Å²) in [5, 5.41) is 0. The topological polar surface area (TPSA) is 55.4 Å². The van der Waals surface area contributed by atoms with Crippen LogP contribution in [-0.4, -0.2) is 60.3 Å². The molecule has 0 aromatic carbocycles. The molecule has 27 heavy (non-hydrogen) atoms. The van der Waals surface area contributed by atoms with Gasteiger partial charge in [0.05, 0.1) is 0 Å². The minimum absolute atomic E-state index is 0.302. The summed E-state index contributed by atoms with van der Waals surface area (Å²) in [6.07, 6.45) is 6.90. The van der Waals surface area contributed by atoms with Gasteiger partial charge in [-0.15, -0.1) is 0 Å². The van der Waals surface area contributed by atoms with Crippen LogP contribution in [0.3, 0.4) is 0 Å². The molecular weight excluding hydrogens is 380 g/mol. The number of hydrogen-bond acceptors (Lipinski definition) is 6. The smallest absolute Gasteiger partial charge is 0.377 e. The summed E-state index contributed by atoms with van der Waals surface area (Å²) in [5.41, 5.74) is 0.302. The maximum absolute atomic E-state index is 5.52. The van der Waals surface area contributed by atoms with Crippen molar-refractivity contribution in [1.82, 2.24) is 0 Å². The molecule has 0 unspecified atom stereocenters. The molecule has 0 rings (SSSR count). The maximum atomic E-state index is 5.52. The van der Waals surface area contributed by atoms with Crippen LogP contribution in [0.2, 0.25) is 12.1 Å². The molecule has 0 N–H and O–H groups in total. The first-order valence-corrected chi connectivity index (χ1v) is 13.9. The zero-order chi connectivity index (χ0) is 21.0. The normalized spacial score (nSPS) is 13.6. The summed E-state index contributed by atoms with van der Waals surface area (Å²) in [6.45, 7) is 7.03. The second-order valence-corrected chi connectivity index (χ2v) is 14.3. The lowest BCUT2D eigenvalue weighted by atomic mass is 9.75. The van der Waals surface area contributed by atoms with Gasteiger partial charge in [0.15, 0.2) is 0 Å². The van der Waals surface area contributed by atoms with Crippen molar-refractivity contribution in [3.63, 3.8) is 0 Å². The van der Waals surface area contributed by atoms with Gasteiger partial charge < -0.3 is 26.6 Å². The molecule has 0 saturated heterocycles. The fourth-order valence-corrected chi connectivity index (χ4v) is 7.18. The van der Waals surface area contributed by atoms with Crippen molar-refractivity contribution >= 4 is 17.6 Å². The predicted molar refractivity (Wildman–Crippen MR) is 114 cm³/mol. The second kappa shape index (κ2) is 13.4. The third kappa shape index (κ3) is 9.49. The first-order chi connectivity index (χ1) is 12.7. The molecule has 0 aliphatic heterocycles. The summed E-state index contributed by atoms with van der Waals surface area (Å²) in [5.74, 6) is 0.685. The molecule has 6 nitrogen and oxygen atoms in total. The molecule has 0 aliphatic carbocycles. The van der Waals surface area contributed by atoms with Crippen molar-refractivity contribution in [1.29, 1.82) is 0 Å². The van der Waals surface area contributed by atoms with Crippen LogP contribution in [0.5, 0.6) is 0 Å². The summed E-state index contributed by atoms with van der Waals surface area (Å²) >= 11 is 0. The fourth-order valence-electron chi connectivity index (χ4n) is 3.59. The van der Waals surface area contributed by atoms with Crippen molar-refractivity contribution in [3.05, 3.63) is 0 Å². The van der Waals surface area contributed by atoms with Crippen LogP contribution >= 0.6 is 0 Å². The Hall–Kier alpha value is 0.194. The molecule has 0 spiro atoms. The van der Waals surface area contributed by atoms with E-state index in [4.69, 9.17) is 26.6 Å². The van der Waals surface area contributed by atoms with Gasteiger partial charge in [-0.05, 0) is 37.0 Å². The van der Waals surface area contributed by atoms with E-state index >= 15 is 0 Å². The van der Waals surface area contributed by atoms with Gasteiger partial charge in [-0.1, -0.05) is 33.6 Å². The van der Waals surface area contributed by atoms with E-state index in [-0.39, 0.29) is 0 Å². The Balaban J connectivity index is 4.42. The van der Waals surface area contributed by atoms with Gasteiger partial charge in [0.2, 0.25) is 0 Å². The maximum Gasteiger partial charge on any atom is 0.500 e. The SMILES string of the molecule is CO[Si](CCCCC(CCCC[Si](OC)(OC)OC)C(C)(C)C)(OC)OC. The third-order valence-corrected chi connectivity index (χ3v) is 11.3. The zero-order valence-corrected chi connectivity index (χ0v) is 21.2. The Labute approximate surface area is 169 Å². The summed E-state index contributed by atoms with van der Waals surface area (Å²) < 4.78 is 33.1. The molecule has 0 heterocycles. The van der Waals surface area contributed by atoms with Gasteiger partial charge in [-0.3, -0.25) is 0 Å². The van der Waals surface area contributed by atoms with Gasteiger partial charge in [0.1, 0.15) is 0 Å². The lowest BCUT2D eigenvalue weighted by molar-refractivity contribution is 0.121.